The number of anilines is 2. The Hall–Kier alpha value is -2.84. The minimum atomic E-state index is -3.79. The zero-order valence-electron chi connectivity index (χ0n) is 14.7. The summed E-state index contributed by atoms with van der Waals surface area (Å²) in [4.78, 5) is 12.6. The van der Waals surface area contributed by atoms with E-state index in [1.54, 1.807) is 36.4 Å². The molecule has 2 aromatic carbocycles. The van der Waals surface area contributed by atoms with Crippen LogP contribution in [-0.2, 0) is 10.0 Å². The quantitative estimate of drug-likeness (QED) is 0.635. The van der Waals surface area contributed by atoms with Crippen LogP contribution in [0.5, 0.6) is 5.75 Å². The predicted octanol–water partition coefficient (Wildman–Crippen LogP) is 3.84. The summed E-state index contributed by atoms with van der Waals surface area (Å²) in [7, 11) is -2.31. The molecule has 0 bridgehead atoms. The first kappa shape index (κ1) is 18.9. The Morgan fingerprint density at radius 2 is 1.85 bits per heavy atom. The monoisotopic (exact) mass is 402 g/mol. The minimum absolute atomic E-state index is 0.0407. The molecule has 3 aromatic rings. The van der Waals surface area contributed by atoms with Crippen LogP contribution in [0.1, 0.15) is 15.2 Å². The Bertz CT molecular complexity index is 1090. The third-order valence-electron chi connectivity index (χ3n) is 3.98. The molecule has 140 valence electrons. The largest absolute Gasteiger partial charge is 0.506 e. The molecule has 0 radical (unpaired) electrons. The Labute approximate surface area is 161 Å². The summed E-state index contributed by atoms with van der Waals surface area (Å²) in [6.45, 7) is 1.88. The molecular weight excluding hydrogens is 384 g/mol. The lowest BCUT2D eigenvalue weighted by Gasteiger charge is -2.19. The summed E-state index contributed by atoms with van der Waals surface area (Å²) in [6, 6.07) is 14.8. The predicted molar refractivity (Wildman–Crippen MR) is 107 cm³/mol. The molecule has 0 unspecified atom stereocenters. The Kier molecular flexibility index (Phi) is 5.20. The maximum Gasteiger partial charge on any atom is 0.265 e. The molecule has 0 aliphatic rings. The van der Waals surface area contributed by atoms with Crippen LogP contribution in [0, 0.1) is 6.92 Å². The highest BCUT2D eigenvalue weighted by atomic mass is 32.2. The molecule has 27 heavy (non-hydrogen) atoms. The number of hydrogen-bond acceptors (Lipinski definition) is 5. The van der Waals surface area contributed by atoms with Gasteiger partial charge in [0.2, 0.25) is 0 Å². The van der Waals surface area contributed by atoms with E-state index in [0.29, 0.717) is 5.69 Å². The van der Waals surface area contributed by atoms with Gasteiger partial charge in [0.15, 0.2) is 0 Å². The first-order valence-electron chi connectivity index (χ1n) is 8.02. The summed E-state index contributed by atoms with van der Waals surface area (Å²) >= 11 is 1.03. The average Bonchev–Trinajstić information content (AvgIpc) is 3.14. The number of benzene rings is 2. The van der Waals surface area contributed by atoms with E-state index in [0.717, 1.165) is 16.9 Å². The van der Waals surface area contributed by atoms with E-state index >= 15 is 0 Å². The van der Waals surface area contributed by atoms with Gasteiger partial charge in [0.25, 0.3) is 15.9 Å². The van der Waals surface area contributed by atoms with Gasteiger partial charge in [-0.25, -0.2) is 8.42 Å². The number of nitrogens with one attached hydrogen (secondary N) is 1. The highest BCUT2D eigenvalue weighted by Gasteiger charge is 2.24. The molecule has 1 amide bonds. The smallest absolute Gasteiger partial charge is 0.265 e. The lowest BCUT2D eigenvalue weighted by molar-refractivity contribution is 0.103. The van der Waals surface area contributed by atoms with Gasteiger partial charge in [-0.3, -0.25) is 9.10 Å². The molecule has 0 saturated heterocycles. The van der Waals surface area contributed by atoms with E-state index in [1.807, 2.05) is 13.0 Å². The molecule has 0 saturated carbocycles. The van der Waals surface area contributed by atoms with Crippen molar-refractivity contribution in [3.63, 3.8) is 0 Å². The molecule has 2 N–H and O–H groups in total. The van der Waals surface area contributed by atoms with Crippen molar-refractivity contribution in [2.45, 2.75) is 11.8 Å². The molecule has 0 aliphatic heterocycles. The number of rotatable bonds is 5. The highest BCUT2D eigenvalue weighted by Crippen LogP contribution is 2.28. The van der Waals surface area contributed by atoms with Gasteiger partial charge in [0, 0.05) is 12.4 Å². The third kappa shape index (κ3) is 3.96. The second-order valence-corrected chi connectivity index (χ2v) is 8.81. The maximum atomic E-state index is 12.9. The number of carbonyl (C=O) groups is 1. The fourth-order valence-corrected chi connectivity index (χ4v) is 4.80. The molecule has 3 rings (SSSR count). The van der Waals surface area contributed by atoms with E-state index in [-0.39, 0.29) is 21.2 Å². The van der Waals surface area contributed by atoms with Crippen LogP contribution < -0.4 is 9.62 Å². The van der Waals surface area contributed by atoms with Crippen molar-refractivity contribution in [2.75, 3.05) is 16.7 Å². The van der Waals surface area contributed by atoms with Crippen molar-refractivity contribution >= 4 is 38.6 Å². The molecule has 0 atom stereocenters. The van der Waals surface area contributed by atoms with Gasteiger partial charge in [-0.15, -0.1) is 11.3 Å². The van der Waals surface area contributed by atoms with Crippen LogP contribution in [0.15, 0.2) is 64.9 Å². The molecule has 6 nitrogen and oxygen atoms in total. The second-order valence-electron chi connectivity index (χ2n) is 5.93. The lowest BCUT2D eigenvalue weighted by atomic mass is 10.2. The van der Waals surface area contributed by atoms with Crippen molar-refractivity contribution in [1.29, 1.82) is 0 Å². The topological polar surface area (TPSA) is 86.7 Å². The molecule has 1 aromatic heterocycles. The first-order chi connectivity index (χ1) is 12.8. The summed E-state index contributed by atoms with van der Waals surface area (Å²) in [5.74, 6) is -0.546. The van der Waals surface area contributed by atoms with E-state index in [2.05, 4.69) is 5.32 Å². The second kappa shape index (κ2) is 7.42. The molecule has 0 aliphatic carbocycles. The van der Waals surface area contributed by atoms with Crippen LogP contribution in [0.3, 0.4) is 0 Å². The highest BCUT2D eigenvalue weighted by molar-refractivity contribution is 7.93. The SMILES string of the molecule is Cc1cccc(N(C)S(=O)(=O)c2csc(C(=O)Nc3ccccc3O)c2)c1. The molecule has 0 fully saturated rings. The fraction of sp³-hybridized carbons (Fsp3) is 0.105. The van der Waals surface area contributed by atoms with E-state index in [4.69, 9.17) is 0 Å². The van der Waals surface area contributed by atoms with Gasteiger partial charge in [-0.05, 0) is 42.8 Å². The van der Waals surface area contributed by atoms with Crippen molar-refractivity contribution in [2.24, 2.45) is 0 Å². The number of hydrogen-bond donors (Lipinski definition) is 2. The van der Waals surface area contributed by atoms with Crippen LogP contribution >= 0.6 is 11.3 Å². The third-order valence-corrected chi connectivity index (χ3v) is 6.82. The van der Waals surface area contributed by atoms with Crippen molar-refractivity contribution in [3.05, 3.63) is 70.4 Å². The number of aryl methyl sites for hydroxylation is 1. The zero-order chi connectivity index (χ0) is 19.6. The van der Waals surface area contributed by atoms with E-state index in [9.17, 15) is 18.3 Å². The van der Waals surface area contributed by atoms with Crippen LogP contribution in [0.25, 0.3) is 0 Å². The van der Waals surface area contributed by atoms with Gasteiger partial charge < -0.3 is 10.4 Å². The normalized spacial score (nSPS) is 11.2. The molecule has 8 heteroatoms. The summed E-state index contributed by atoms with van der Waals surface area (Å²) in [6.07, 6.45) is 0. The van der Waals surface area contributed by atoms with Gasteiger partial charge in [0.1, 0.15) is 5.75 Å². The molecule has 0 spiro atoms. The number of aromatic hydroxyl groups is 1. The summed E-state index contributed by atoms with van der Waals surface area (Å²) in [5.41, 5.74) is 1.75. The summed E-state index contributed by atoms with van der Waals surface area (Å²) < 4.78 is 26.9. The van der Waals surface area contributed by atoms with Crippen LogP contribution in [-0.4, -0.2) is 26.5 Å². The average molecular weight is 402 g/mol. The number of phenolic OH excluding ortho intramolecular Hbond substituents is 1. The van der Waals surface area contributed by atoms with Gasteiger partial charge in [-0.2, -0.15) is 0 Å². The molecular formula is C19H18N2O4S2. The van der Waals surface area contributed by atoms with Gasteiger partial charge in [-0.1, -0.05) is 24.3 Å². The zero-order valence-corrected chi connectivity index (χ0v) is 16.3. The van der Waals surface area contributed by atoms with Gasteiger partial charge in [0.05, 0.1) is 21.1 Å². The minimum Gasteiger partial charge on any atom is -0.506 e. The number of carbonyl (C=O) groups excluding carboxylic acids is 1. The Balaban J connectivity index is 1.84. The van der Waals surface area contributed by atoms with Crippen molar-refractivity contribution < 1.29 is 18.3 Å². The van der Waals surface area contributed by atoms with Crippen LogP contribution in [0.4, 0.5) is 11.4 Å². The summed E-state index contributed by atoms with van der Waals surface area (Å²) in [5, 5.41) is 13.8. The van der Waals surface area contributed by atoms with Crippen molar-refractivity contribution in [3.8, 4) is 5.75 Å². The number of phenols is 1. The standard InChI is InChI=1S/C19H18N2O4S2/c1-13-6-5-7-14(10-13)21(2)27(24,25)15-11-18(26-12-15)19(23)20-16-8-3-4-9-17(16)22/h3-12,22H,1-2H3,(H,20,23). The Morgan fingerprint density at radius 1 is 1.11 bits per heavy atom. The maximum absolute atomic E-state index is 12.9. The number of sulfonamides is 1. The number of thiophene rings is 1. The number of para-hydroxylation sites is 2. The van der Waals surface area contributed by atoms with E-state index in [1.165, 1.54) is 28.9 Å². The van der Waals surface area contributed by atoms with Crippen molar-refractivity contribution in [1.82, 2.24) is 0 Å². The van der Waals surface area contributed by atoms with Gasteiger partial charge >= 0.3 is 0 Å². The number of nitrogens with zero attached hydrogens (tertiary/aromatic N) is 1. The lowest BCUT2D eigenvalue weighted by Crippen LogP contribution is -2.26. The Morgan fingerprint density at radius 3 is 2.56 bits per heavy atom. The fourth-order valence-electron chi connectivity index (χ4n) is 2.46. The number of amides is 1. The first-order valence-corrected chi connectivity index (χ1v) is 10.3. The van der Waals surface area contributed by atoms with E-state index < -0.39 is 15.9 Å². The van der Waals surface area contributed by atoms with Crippen LogP contribution in [0.2, 0.25) is 0 Å². The molecule has 1 heterocycles.